The number of rotatable bonds is 4. The number of hydrogen-bond acceptors (Lipinski definition) is 5. The molecule has 1 unspecified atom stereocenters. The van der Waals surface area contributed by atoms with E-state index in [1.54, 1.807) is 18.5 Å². The Labute approximate surface area is 136 Å². The Kier molecular flexibility index (Phi) is 4.80. The number of nitrogens with zero attached hydrogens (tertiary/aromatic N) is 4. The lowest BCUT2D eigenvalue weighted by atomic mass is 10.00. The Morgan fingerprint density at radius 2 is 2.17 bits per heavy atom. The van der Waals surface area contributed by atoms with Gasteiger partial charge < -0.3 is 10.2 Å². The summed E-state index contributed by atoms with van der Waals surface area (Å²) in [6.07, 6.45) is 7.19. The molecule has 0 bridgehead atoms. The Balaban J connectivity index is 1.66. The number of amides is 1. The molecule has 0 spiro atoms. The summed E-state index contributed by atoms with van der Waals surface area (Å²) in [5.74, 6) is 1.20. The maximum Gasteiger partial charge on any atom is 0.272 e. The molecule has 0 saturated carbocycles. The van der Waals surface area contributed by atoms with Crippen molar-refractivity contribution in [3.8, 4) is 0 Å². The Bertz CT molecular complexity index is 661. The van der Waals surface area contributed by atoms with Gasteiger partial charge in [0.25, 0.3) is 5.91 Å². The van der Waals surface area contributed by atoms with E-state index in [0.29, 0.717) is 24.0 Å². The Morgan fingerprint density at radius 1 is 1.35 bits per heavy atom. The van der Waals surface area contributed by atoms with E-state index in [1.807, 2.05) is 17.0 Å². The molecule has 0 aliphatic carbocycles. The van der Waals surface area contributed by atoms with Crippen molar-refractivity contribution in [1.82, 2.24) is 19.9 Å². The van der Waals surface area contributed by atoms with Crippen molar-refractivity contribution < 1.29 is 4.79 Å². The minimum Gasteiger partial charge on any atom is -0.366 e. The molecule has 6 heteroatoms. The summed E-state index contributed by atoms with van der Waals surface area (Å²) in [6, 6.07) is 5.60. The third kappa shape index (κ3) is 4.03. The number of hydrogen-bond donors (Lipinski definition) is 1. The number of piperidine rings is 1. The summed E-state index contributed by atoms with van der Waals surface area (Å²) in [4.78, 5) is 26.8. The first-order valence-electron chi connectivity index (χ1n) is 7.96. The van der Waals surface area contributed by atoms with E-state index in [0.717, 1.165) is 25.1 Å². The second-order valence-corrected chi connectivity index (χ2v) is 6.00. The molecular weight excluding hydrogens is 290 g/mol. The number of aromatic nitrogens is 3. The molecule has 2 aromatic heterocycles. The normalized spacial score (nSPS) is 17.8. The van der Waals surface area contributed by atoms with Gasteiger partial charge in [0, 0.05) is 38.1 Å². The molecule has 120 valence electrons. The zero-order valence-electron chi connectivity index (χ0n) is 13.3. The van der Waals surface area contributed by atoms with Gasteiger partial charge in [-0.15, -0.1) is 0 Å². The average Bonchev–Trinajstić information content (AvgIpc) is 2.60. The van der Waals surface area contributed by atoms with Crippen LogP contribution in [-0.2, 0) is 6.54 Å². The van der Waals surface area contributed by atoms with Gasteiger partial charge in [-0.25, -0.2) is 9.97 Å². The van der Waals surface area contributed by atoms with Crippen LogP contribution >= 0.6 is 0 Å². The molecule has 6 nitrogen and oxygen atoms in total. The minimum atomic E-state index is -0.00842. The van der Waals surface area contributed by atoms with Crippen LogP contribution in [0.2, 0.25) is 0 Å². The van der Waals surface area contributed by atoms with Gasteiger partial charge in [-0.2, -0.15) is 0 Å². The molecule has 3 rings (SSSR count). The predicted molar refractivity (Wildman–Crippen MR) is 87.9 cm³/mol. The molecule has 0 aromatic carbocycles. The summed E-state index contributed by atoms with van der Waals surface area (Å²) < 4.78 is 0. The number of pyridine rings is 1. The molecule has 1 atom stereocenters. The van der Waals surface area contributed by atoms with Crippen LogP contribution in [0.3, 0.4) is 0 Å². The van der Waals surface area contributed by atoms with Crippen LogP contribution in [0.4, 0.5) is 5.82 Å². The third-order valence-electron chi connectivity index (χ3n) is 4.05. The standard InChI is InChI=1S/C17H21N5O/c1-13-3-2-8-22(11-13)17(23)15-9-16(21-12-20-15)19-10-14-4-6-18-7-5-14/h4-7,9,12-13H,2-3,8,10-11H2,1H3,(H,19,20,21). The first-order chi connectivity index (χ1) is 11.2. The van der Waals surface area contributed by atoms with E-state index in [9.17, 15) is 4.79 Å². The van der Waals surface area contributed by atoms with Crippen molar-refractivity contribution in [1.29, 1.82) is 0 Å². The second-order valence-electron chi connectivity index (χ2n) is 6.00. The topological polar surface area (TPSA) is 71.0 Å². The first-order valence-corrected chi connectivity index (χ1v) is 7.96. The van der Waals surface area contributed by atoms with Gasteiger partial charge in [0.1, 0.15) is 17.8 Å². The molecule has 3 heterocycles. The molecule has 1 aliphatic rings. The number of carbonyl (C=O) groups excluding carboxylic acids is 1. The Hall–Kier alpha value is -2.50. The molecule has 0 radical (unpaired) electrons. The number of carbonyl (C=O) groups is 1. The van der Waals surface area contributed by atoms with Crippen molar-refractivity contribution in [3.63, 3.8) is 0 Å². The zero-order valence-corrected chi connectivity index (χ0v) is 13.3. The van der Waals surface area contributed by atoms with Crippen molar-refractivity contribution in [2.24, 2.45) is 5.92 Å². The summed E-state index contributed by atoms with van der Waals surface area (Å²) in [6.45, 7) is 4.44. The van der Waals surface area contributed by atoms with Gasteiger partial charge in [0.2, 0.25) is 0 Å². The monoisotopic (exact) mass is 311 g/mol. The fourth-order valence-electron chi connectivity index (χ4n) is 2.80. The maximum atomic E-state index is 12.6. The lowest BCUT2D eigenvalue weighted by Gasteiger charge is -2.30. The lowest BCUT2D eigenvalue weighted by Crippen LogP contribution is -2.39. The van der Waals surface area contributed by atoms with E-state index in [1.165, 1.54) is 12.7 Å². The van der Waals surface area contributed by atoms with Gasteiger partial charge in [-0.05, 0) is 36.5 Å². The van der Waals surface area contributed by atoms with Gasteiger partial charge in [0.15, 0.2) is 0 Å². The Morgan fingerprint density at radius 3 is 2.96 bits per heavy atom. The van der Waals surface area contributed by atoms with Crippen LogP contribution < -0.4 is 5.32 Å². The highest BCUT2D eigenvalue weighted by Crippen LogP contribution is 2.18. The summed E-state index contributed by atoms with van der Waals surface area (Å²) in [5, 5.41) is 3.22. The molecule has 2 aromatic rings. The summed E-state index contributed by atoms with van der Waals surface area (Å²) in [5.41, 5.74) is 1.56. The van der Waals surface area contributed by atoms with E-state index < -0.39 is 0 Å². The fourth-order valence-corrected chi connectivity index (χ4v) is 2.80. The van der Waals surface area contributed by atoms with E-state index in [4.69, 9.17) is 0 Å². The number of nitrogens with one attached hydrogen (secondary N) is 1. The van der Waals surface area contributed by atoms with E-state index in [-0.39, 0.29) is 5.91 Å². The van der Waals surface area contributed by atoms with Crippen LogP contribution in [0.15, 0.2) is 36.9 Å². The van der Waals surface area contributed by atoms with Crippen LogP contribution in [-0.4, -0.2) is 38.8 Å². The van der Waals surface area contributed by atoms with Crippen LogP contribution in [0, 0.1) is 5.92 Å². The van der Waals surface area contributed by atoms with Gasteiger partial charge in [0.05, 0.1) is 0 Å². The molecular formula is C17H21N5O. The highest BCUT2D eigenvalue weighted by Gasteiger charge is 2.23. The average molecular weight is 311 g/mol. The molecule has 1 aliphatic heterocycles. The number of likely N-dealkylation sites (tertiary alicyclic amines) is 1. The number of anilines is 1. The molecule has 1 saturated heterocycles. The zero-order chi connectivity index (χ0) is 16.1. The third-order valence-corrected chi connectivity index (χ3v) is 4.05. The smallest absolute Gasteiger partial charge is 0.272 e. The van der Waals surface area contributed by atoms with Gasteiger partial charge in [-0.1, -0.05) is 6.92 Å². The predicted octanol–water partition coefficient (Wildman–Crippen LogP) is 2.36. The minimum absolute atomic E-state index is 0.00842. The molecule has 1 fully saturated rings. The van der Waals surface area contributed by atoms with Crippen molar-refractivity contribution in [2.45, 2.75) is 26.3 Å². The second kappa shape index (κ2) is 7.17. The van der Waals surface area contributed by atoms with E-state index in [2.05, 4.69) is 27.2 Å². The lowest BCUT2D eigenvalue weighted by molar-refractivity contribution is 0.0677. The molecule has 1 N–H and O–H groups in total. The molecule has 23 heavy (non-hydrogen) atoms. The maximum absolute atomic E-state index is 12.6. The van der Waals surface area contributed by atoms with Crippen molar-refractivity contribution in [3.05, 3.63) is 48.2 Å². The fraction of sp³-hybridized carbons (Fsp3) is 0.412. The highest BCUT2D eigenvalue weighted by molar-refractivity contribution is 5.93. The first kappa shape index (κ1) is 15.4. The highest BCUT2D eigenvalue weighted by atomic mass is 16.2. The van der Waals surface area contributed by atoms with Crippen LogP contribution in [0.25, 0.3) is 0 Å². The summed E-state index contributed by atoms with van der Waals surface area (Å²) in [7, 11) is 0. The van der Waals surface area contributed by atoms with Gasteiger partial charge >= 0.3 is 0 Å². The SMILES string of the molecule is CC1CCCN(C(=O)c2cc(NCc3ccncc3)ncn2)C1. The quantitative estimate of drug-likeness (QED) is 0.938. The van der Waals surface area contributed by atoms with Crippen LogP contribution in [0.5, 0.6) is 0 Å². The van der Waals surface area contributed by atoms with E-state index >= 15 is 0 Å². The van der Waals surface area contributed by atoms with Gasteiger partial charge in [-0.3, -0.25) is 9.78 Å². The van der Waals surface area contributed by atoms with Crippen molar-refractivity contribution >= 4 is 11.7 Å². The van der Waals surface area contributed by atoms with Crippen LogP contribution in [0.1, 0.15) is 35.8 Å². The van der Waals surface area contributed by atoms with Crippen molar-refractivity contribution in [2.75, 3.05) is 18.4 Å². The summed E-state index contributed by atoms with van der Waals surface area (Å²) >= 11 is 0. The molecule has 1 amide bonds. The largest absolute Gasteiger partial charge is 0.366 e.